The molecule has 2 rings (SSSR count). The van der Waals surface area contributed by atoms with E-state index >= 15 is 0 Å². The van der Waals surface area contributed by atoms with Crippen molar-refractivity contribution in [2.24, 2.45) is 0 Å². The van der Waals surface area contributed by atoms with Crippen LogP contribution in [-0.2, 0) is 16.1 Å². The summed E-state index contributed by atoms with van der Waals surface area (Å²) < 4.78 is 13.5. The van der Waals surface area contributed by atoms with Crippen LogP contribution in [0.1, 0.15) is 12.5 Å². The van der Waals surface area contributed by atoms with Gasteiger partial charge in [-0.25, -0.2) is 4.39 Å². The number of imide groups is 1. The predicted octanol–water partition coefficient (Wildman–Crippen LogP) is 1.44. The number of halogens is 2. The summed E-state index contributed by atoms with van der Waals surface area (Å²) >= 11 is 3.11. The van der Waals surface area contributed by atoms with E-state index in [4.69, 9.17) is 0 Å². The fourth-order valence-corrected chi connectivity index (χ4v) is 2.26. The molecule has 6 heteroatoms. The van der Waals surface area contributed by atoms with E-state index in [1.54, 1.807) is 24.0 Å². The van der Waals surface area contributed by atoms with E-state index in [9.17, 15) is 14.0 Å². The summed E-state index contributed by atoms with van der Waals surface area (Å²) in [5, 5.41) is 2.28. The van der Waals surface area contributed by atoms with Gasteiger partial charge in [0, 0.05) is 6.54 Å². The number of benzene rings is 1. The quantitative estimate of drug-likeness (QED) is 0.840. The Hall–Kier alpha value is -1.27. The minimum Gasteiger partial charge on any atom is -0.294 e. The zero-order valence-electron chi connectivity index (χ0n) is 9.74. The van der Waals surface area contributed by atoms with Crippen molar-refractivity contribution in [3.63, 3.8) is 0 Å². The third kappa shape index (κ3) is 2.76. The van der Waals surface area contributed by atoms with Crippen LogP contribution in [0.25, 0.3) is 0 Å². The van der Waals surface area contributed by atoms with Gasteiger partial charge in [-0.3, -0.25) is 19.8 Å². The molecule has 1 aliphatic heterocycles. The number of amides is 2. The van der Waals surface area contributed by atoms with Crippen LogP contribution >= 0.6 is 15.9 Å². The van der Waals surface area contributed by atoms with Crippen LogP contribution < -0.4 is 5.32 Å². The standard InChI is InChI=1S/C12H12BrFN2O2/c1-7-12(18)15-11(17)6-16(7)5-8-2-3-10(14)9(13)4-8/h2-4,7H,5-6H2,1H3,(H,15,17,18). The lowest BCUT2D eigenvalue weighted by Gasteiger charge is -2.31. The van der Waals surface area contributed by atoms with E-state index in [1.165, 1.54) is 6.07 Å². The molecule has 1 aliphatic rings. The molecule has 1 aromatic rings. The van der Waals surface area contributed by atoms with Crippen LogP contribution in [0.15, 0.2) is 22.7 Å². The Morgan fingerprint density at radius 3 is 2.89 bits per heavy atom. The van der Waals surface area contributed by atoms with Crippen LogP contribution in [0.4, 0.5) is 4.39 Å². The average Bonchev–Trinajstić information content (AvgIpc) is 2.30. The average molecular weight is 315 g/mol. The molecular weight excluding hydrogens is 303 g/mol. The summed E-state index contributed by atoms with van der Waals surface area (Å²) in [7, 11) is 0. The molecule has 0 aliphatic carbocycles. The first-order valence-corrected chi connectivity index (χ1v) is 6.28. The van der Waals surface area contributed by atoms with Crippen LogP contribution in [0, 0.1) is 5.82 Å². The first kappa shape index (κ1) is 13.2. The van der Waals surface area contributed by atoms with Crippen molar-refractivity contribution < 1.29 is 14.0 Å². The molecule has 96 valence electrons. The van der Waals surface area contributed by atoms with Crippen molar-refractivity contribution >= 4 is 27.7 Å². The highest BCUT2D eigenvalue weighted by atomic mass is 79.9. The molecule has 18 heavy (non-hydrogen) atoms. The van der Waals surface area contributed by atoms with Gasteiger partial charge >= 0.3 is 0 Å². The second-order valence-corrected chi connectivity index (χ2v) is 5.10. The number of carbonyl (C=O) groups excluding carboxylic acids is 2. The largest absolute Gasteiger partial charge is 0.294 e. The molecule has 0 spiro atoms. The third-order valence-electron chi connectivity index (χ3n) is 2.91. The summed E-state index contributed by atoms with van der Waals surface area (Å²) in [6, 6.07) is 4.28. The molecule has 1 saturated heterocycles. The Balaban J connectivity index is 2.14. The number of hydrogen-bond donors (Lipinski definition) is 1. The molecule has 1 atom stereocenters. The van der Waals surface area contributed by atoms with Crippen molar-refractivity contribution in [3.8, 4) is 0 Å². The maximum Gasteiger partial charge on any atom is 0.243 e. The lowest BCUT2D eigenvalue weighted by molar-refractivity contribution is -0.139. The summed E-state index contributed by atoms with van der Waals surface area (Å²) in [4.78, 5) is 24.5. The van der Waals surface area contributed by atoms with Crippen molar-refractivity contribution in [2.45, 2.75) is 19.5 Å². The number of nitrogens with one attached hydrogen (secondary N) is 1. The Morgan fingerprint density at radius 2 is 2.22 bits per heavy atom. The number of piperazine rings is 1. The second-order valence-electron chi connectivity index (χ2n) is 4.24. The highest BCUT2D eigenvalue weighted by Crippen LogP contribution is 2.19. The van der Waals surface area contributed by atoms with Crippen molar-refractivity contribution in [3.05, 3.63) is 34.1 Å². The molecular formula is C12H12BrFN2O2. The van der Waals surface area contributed by atoms with Gasteiger partial charge in [-0.15, -0.1) is 0 Å². The van der Waals surface area contributed by atoms with Gasteiger partial charge in [0.25, 0.3) is 0 Å². The lowest BCUT2D eigenvalue weighted by Crippen LogP contribution is -2.56. The van der Waals surface area contributed by atoms with E-state index in [2.05, 4.69) is 21.2 Å². The summed E-state index contributed by atoms with van der Waals surface area (Å²) in [5.74, 6) is -0.939. The summed E-state index contributed by atoms with van der Waals surface area (Å²) in [6.45, 7) is 2.33. The van der Waals surface area contributed by atoms with Crippen molar-refractivity contribution in [1.29, 1.82) is 0 Å². The number of hydrogen-bond acceptors (Lipinski definition) is 3. The highest BCUT2D eigenvalue weighted by Gasteiger charge is 2.29. The molecule has 1 N–H and O–H groups in total. The maximum atomic E-state index is 13.1. The molecule has 1 unspecified atom stereocenters. The minimum atomic E-state index is -0.369. The van der Waals surface area contributed by atoms with Gasteiger partial charge in [0.2, 0.25) is 11.8 Å². The first-order valence-electron chi connectivity index (χ1n) is 5.49. The molecule has 4 nitrogen and oxygen atoms in total. The third-order valence-corrected chi connectivity index (χ3v) is 3.51. The summed E-state index contributed by atoms with van der Waals surface area (Å²) in [6.07, 6.45) is 0. The second kappa shape index (κ2) is 5.16. The van der Waals surface area contributed by atoms with E-state index in [-0.39, 0.29) is 30.2 Å². The van der Waals surface area contributed by atoms with Gasteiger partial charge in [-0.2, -0.15) is 0 Å². The fraction of sp³-hybridized carbons (Fsp3) is 0.333. The van der Waals surface area contributed by atoms with Crippen molar-refractivity contribution in [1.82, 2.24) is 10.2 Å². The topological polar surface area (TPSA) is 49.4 Å². The zero-order chi connectivity index (χ0) is 13.3. The zero-order valence-corrected chi connectivity index (χ0v) is 11.3. The van der Waals surface area contributed by atoms with Crippen LogP contribution in [0.5, 0.6) is 0 Å². The Kier molecular flexibility index (Phi) is 3.77. The van der Waals surface area contributed by atoms with Gasteiger partial charge in [0.1, 0.15) is 5.82 Å². The fourth-order valence-electron chi connectivity index (χ4n) is 1.83. The van der Waals surface area contributed by atoms with Gasteiger partial charge in [-0.1, -0.05) is 6.07 Å². The first-order chi connectivity index (χ1) is 8.47. The lowest BCUT2D eigenvalue weighted by atomic mass is 10.1. The Morgan fingerprint density at radius 1 is 1.50 bits per heavy atom. The molecule has 1 heterocycles. The molecule has 0 bridgehead atoms. The van der Waals surface area contributed by atoms with E-state index < -0.39 is 0 Å². The molecule has 0 radical (unpaired) electrons. The van der Waals surface area contributed by atoms with Gasteiger partial charge in [0.05, 0.1) is 17.1 Å². The van der Waals surface area contributed by atoms with Crippen LogP contribution in [-0.4, -0.2) is 29.3 Å². The van der Waals surface area contributed by atoms with E-state index in [0.717, 1.165) is 5.56 Å². The summed E-state index contributed by atoms with van der Waals surface area (Å²) in [5.41, 5.74) is 0.845. The number of carbonyl (C=O) groups is 2. The van der Waals surface area contributed by atoms with Crippen molar-refractivity contribution in [2.75, 3.05) is 6.54 Å². The normalized spacial score (nSPS) is 20.9. The maximum absolute atomic E-state index is 13.1. The monoisotopic (exact) mass is 314 g/mol. The van der Waals surface area contributed by atoms with Gasteiger partial charge in [-0.05, 0) is 40.5 Å². The molecule has 1 aromatic carbocycles. The van der Waals surface area contributed by atoms with Crippen LogP contribution in [0.3, 0.4) is 0 Å². The molecule has 1 fully saturated rings. The molecule has 0 aromatic heterocycles. The number of rotatable bonds is 2. The van der Waals surface area contributed by atoms with E-state index in [1.807, 2.05) is 0 Å². The SMILES string of the molecule is CC1C(=O)NC(=O)CN1Cc1ccc(F)c(Br)c1. The smallest absolute Gasteiger partial charge is 0.243 e. The Bertz CT molecular complexity index is 507. The predicted molar refractivity (Wildman–Crippen MR) is 67.1 cm³/mol. The van der Waals surface area contributed by atoms with Gasteiger partial charge in [0.15, 0.2) is 0 Å². The van der Waals surface area contributed by atoms with Gasteiger partial charge < -0.3 is 0 Å². The minimum absolute atomic E-state index is 0.169. The molecule has 0 saturated carbocycles. The highest BCUT2D eigenvalue weighted by molar-refractivity contribution is 9.10. The van der Waals surface area contributed by atoms with E-state index in [0.29, 0.717) is 11.0 Å². The number of nitrogens with zero attached hydrogens (tertiary/aromatic N) is 1. The Labute approximate surface area is 112 Å². The molecule has 2 amide bonds. The van der Waals surface area contributed by atoms with Crippen LogP contribution in [0.2, 0.25) is 0 Å².